The van der Waals surface area contributed by atoms with Gasteiger partial charge in [0.15, 0.2) is 0 Å². The van der Waals surface area contributed by atoms with Gasteiger partial charge in [-0.2, -0.15) is 0 Å². The van der Waals surface area contributed by atoms with Crippen LogP contribution < -0.4 is 0 Å². The lowest BCUT2D eigenvalue weighted by molar-refractivity contribution is 0.241. The Balaban J connectivity index is 4.48. The van der Waals surface area contributed by atoms with Gasteiger partial charge in [-0.1, -0.05) is 0 Å². The van der Waals surface area contributed by atoms with Crippen molar-refractivity contribution in [2.75, 3.05) is 12.6 Å². The lowest BCUT2D eigenvalue weighted by Crippen LogP contribution is -2.32. The summed E-state index contributed by atoms with van der Waals surface area (Å²) >= 11 is 0. The minimum atomic E-state index is -4.28. The Morgan fingerprint density at radius 2 is 1.29 bits per heavy atom. The van der Waals surface area contributed by atoms with E-state index in [1.165, 1.54) is 0 Å². The highest BCUT2D eigenvalue weighted by atomic mass is 31.2. The quantitative estimate of drug-likeness (QED) is 0.503. The van der Waals surface area contributed by atoms with Gasteiger partial charge in [0.25, 0.3) is 0 Å². The Hall–Kier alpha value is 0.260. The molecule has 0 rings (SSSR count). The van der Waals surface area contributed by atoms with Gasteiger partial charge in [0.2, 0.25) is 0 Å². The molecule has 0 unspecified atom stereocenters. The first-order valence-electron chi connectivity index (χ1n) is 3.84. The highest BCUT2D eigenvalue weighted by Gasteiger charge is 2.27. The third kappa shape index (κ3) is 7.64. The van der Waals surface area contributed by atoms with E-state index in [2.05, 4.69) is 0 Å². The monoisotopic (exact) mass is 247 g/mol. The van der Waals surface area contributed by atoms with Crippen LogP contribution >= 0.6 is 15.2 Å². The second-order valence-electron chi connectivity index (χ2n) is 3.29. The van der Waals surface area contributed by atoms with Gasteiger partial charge in [0.05, 0.1) is 0 Å². The van der Waals surface area contributed by atoms with Crippen molar-refractivity contribution in [3.63, 3.8) is 0 Å². The maximum absolute atomic E-state index is 10.6. The van der Waals surface area contributed by atoms with E-state index >= 15 is 0 Å². The molecule has 14 heavy (non-hydrogen) atoms. The van der Waals surface area contributed by atoms with Crippen molar-refractivity contribution >= 4 is 15.2 Å². The average Bonchev–Trinajstić information content (AvgIpc) is 1.78. The van der Waals surface area contributed by atoms with Crippen LogP contribution in [0, 0.1) is 0 Å². The van der Waals surface area contributed by atoms with Crippen LogP contribution in [-0.2, 0) is 9.13 Å². The van der Waals surface area contributed by atoms with Crippen molar-refractivity contribution in [1.82, 2.24) is 4.90 Å². The van der Waals surface area contributed by atoms with Gasteiger partial charge in [-0.3, -0.25) is 14.0 Å². The van der Waals surface area contributed by atoms with E-state index in [0.717, 1.165) is 4.90 Å². The molecule has 7 nitrogen and oxygen atoms in total. The number of hydrogen-bond acceptors (Lipinski definition) is 3. The van der Waals surface area contributed by atoms with Crippen LogP contribution in [0.5, 0.6) is 0 Å². The fourth-order valence-corrected chi connectivity index (χ4v) is 2.80. The Bertz CT molecular complexity index is 243. The highest BCUT2D eigenvalue weighted by Crippen LogP contribution is 2.41. The number of rotatable bonds is 5. The molecule has 0 amide bonds. The molecule has 0 radical (unpaired) electrons. The fourth-order valence-electron chi connectivity index (χ4n) is 0.845. The first-order valence-corrected chi connectivity index (χ1v) is 7.44. The topological polar surface area (TPSA) is 118 Å². The Labute approximate surface area is 82.1 Å². The molecule has 0 aliphatic carbocycles. The van der Waals surface area contributed by atoms with Crippen molar-refractivity contribution in [2.24, 2.45) is 0 Å². The lowest BCUT2D eigenvalue weighted by atomic mass is 10.4. The molecule has 0 aromatic heterocycles. The summed E-state index contributed by atoms with van der Waals surface area (Å²) in [5.41, 5.74) is 0. The van der Waals surface area contributed by atoms with Crippen molar-refractivity contribution in [3.05, 3.63) is 0 Å². The van der Waals surface area contributed by atoms with Gasteiger partial charge in [0, 0.05) is 6.04 Å². The fraction of sp³-hybridized carbons (Fsp3) is 1.00. The normalized spacial score (nSPS) is 14.0. The summed E-state index contributed by atoms with van der Waals surface area (Å²) in [5.74, 6) is 0. The van der Waals surface area contributed by atoms with Gasteiger partial charge in [0.1, 0.15) is 12.6 Å². The summed E-state index contributed by atoms with van der Waals surface area (Å²) in [4.78, 5) is 35.7. The number of hydrogen-bond donors (Lipinski definition) is 4. The molecule has 0 bridgehead atoms. The van der Waals surface area contributed by atoms with Crippen molar-refractivity contribution in [1.29, 1.82) is 0 Å². The standard InChI is InChI=1S/C5H15NO6P2/c1-5(2)6(3-13(7,8)9)4-14(10,11)12/h5H,3-4H2,1-2H3,(H2,7,8,9)(H2,10,11,12). The van der Waals surface area contributed by atoms with E-state index in [-0.39, 0.29) is 6.04 Å². The third-order valence-corrected chi connectivity index (χ3v) is 2.93. The summed E-state index contributed by atoms with van der Waals surface area (Å²) < 4.78 is 21.3. The maximum atomic E-state index is 10.6. The van der Waals surface area contributed by atoms with E-state index in [9.17, 15) is 9.13 Å². The third-order valence-electron chi connectivity index (χ3n) is 1.46. The Morgan fingerprint density at radius 3 is 1.43 bits per heavy atom. The predicted octanol–water partition coefficient (Wildman–Crippen LogP) is -0.0328. The molecule has 4 N–H and O–H groups in total. The summed E-state index contributed by atoms with van der Waals surface area (Å²) in [7, 11) is -8.56. The van der Waals surface area contributed by atoms with Crippen LogP contribution in [0.4, 0.5) is 0 Å². The van der Waals surface area contributed by atoms with Crippen molar-refractivity contribution in [2.45, 2.75) is 19.9 Å². The molecule has 0 fully saturated rings. The van der Waals surface area contributed by atoms with Crippen molar-refractivity contribution in [3.8, 4) is 0 Å². The molecule has 0 heterocycles. The zero-order chi connectivity index (χ0) is 11.6. The second-order valence-corrected chi connectivity index (χ2v) is 6.52. The first kappa shape index (κ1) is 14.3. The molecule has 0 saturated heterocycles. The Kier molecular flexibility index (Phi) is 4.95. The largest absolute Gasteiger partial charge is 0.339 e. The maximum Gasteiger partial charge on any atom is 0.339 e. The minimum absolute atomic E-state index is 0.338. The average molecular weight is 247 g/mol. The minimum Gasteiger partial charge on any atom is -0.324 e. The zero-order valence-electron chi connectivity index (χ0n) is 7.94. The first-order chi connectivity index (χ1) is 6.01. The Morgan fingerprint density at radius 1 is 1.00 bits per heavy atom. The molecule has 0 aromatic rings. The highest BCUT2D eigenvalue weighted by molar-refractivity contribution is 7.52. The second kappa shape index (κ2) is 4.86. The van der Waals surface area contributed by atoms with E-state index in [1.807, 2.05) is 0 Å². The SMILES string of the molecule is CC(C)N(CP(=O)(O)O)CP(=O)(O)O. The molecule has 0 aliphatic heterocycles. The predicted molar refractivity (Wildman–Crippen MR) is 50.8 cm³/mol. The number of nitrogens with zero attached hydrogens (tertiary/aromatic N) is 1. The van der Waals surface area contributed by atoms with Gasteiger partial charge in [-0.25, -0.2) is 0 Å². The summed E-state index contributed by atoms with van der Waals surface area (Å²) in [6.45, 7) is 3.20. The molecule has 0 aromatic carbocycles. The molecule has 9 heteroatoms. The lowest BCUT2D eigenvalue weighted by Gasteiger charge is -2.26. The summed E-state index contributed by atoms with van der Waals surface area (Å²) in [6.07, 6.45) is -1.29. The molecule has 0 saturated carbocycles. The van der Waals surface area contributed by atoms with E-state index in [4.69, 9.17) is 19.6 Å². The summed E-state index contributed by atoms with van der Waals surface area (Å²) in [6, 6.07) is -0.338. The molecule has 0 atom stereocenters. The van der Waals surface area contributed by atoms with Crippen LogP contribution in [-0.4, -0.2) is 43.1 Å². The van der Waals surface area contributed by atoms with Crippen LogP contribution in [0.3, 0.4) is 0 Å². The van der Waals surface area contributed by atoms with Crippen LogP contribution in [0.25, 0.3) is 0 Å². The van der Waals surface area contributed by atoms with Crippen molar-refractivity contribution < 1.29 is 28.7 Å². The molecule has 0 spiro atoms. The van der Waals surface area contributed by atoms with Gasteiger partial charge >= 0.3 is 15.2 Å². The zero-order valence-corrected chi connectivity index (χ0v) is 9.73. The molecular weight excluding hydrogens is 232 g/mol. The van der Waals surface area contributed by atoms with Gasteiger partial charge in [-0.05, 0) is 13.8 Å². The van der Waals surface area contributed by atoms with Crippen LogP contribution in [0.1, 0.15) is 13.8 Å². The van der Waals surface area contributed by atoms with Crippen LogP contribution in [0.15, 0.2) is 0 Å². The van der Waals surface area contributed by atoms with Gasteiger partial charge < -0.3 is 19.6 Å². The van der Waals surface area contributed by atoms with Crippen LogP contribution in [0.2, 0.25) is 0 Å². The summed E-state index contributed by atoms with van der Waals surface area (Å²) in [5, 5.41) is 0. The molecular formula is C5H15NO6P2. The van der Waals surface area contributed by atoms with Gasteiger partial charge in [-0.15, -0.1) is 0 Å². The van der Waals surface area contributed by atoms with E-state index in [1.54, 1.807) is 13.8 Å². The van der Waals surface area contributed by atoms with E-state index < -0.39 is 27.8 Å². The molecule has 86 valence electrons. The smallest absolute Gasteiger partial charge is 0.324 e. The van der Waals surface area contributed by atoms with E-state index in [0.29, 0.717) is 0 Å². The molecule has 0 aliphatic rings.